The fourth-order valence-corrected chi connectivity index (χ4v) is 7.22. The lowest BCUT2D eigenvalue weighted by Crippen LogP contribution is -2.35. The zero-order valence-corrected chi connectivity index (χ0v) is 33.2. The van der Waals surface area contributed by atoms with Gasteiger partial charge < -0.3 is 19.5 Å². The maximum Gasteiger partial charge on any atom is 0.169 e. The third-order valence-electron chi connectivity index (χ3n) is 10.2. The molecule has 2 heterocycles. The van der Waals surface area contributed by atoms with Gasteiger partial charge in [-0.2, -0.15) is 0 Å². The Bertz CT molecular complexity index is 770. The lowest BCUT2D eigenvalue weighted by atomic mass is 9.98. The van der Waals surface area contributed by atoms with Gasteiger partial charge in [-0.25, -0.2) is 0 Å². The number of ether oxygens (including phenoxy) is 2. The van der Waals surface area contributed by atoms with E-state index in [9.17, 15) is 0 Å². The number of nitrogens with zero attached hydrogens (tertiary/aromatic N) is 1. The van der Waals surface area contributed by atoms with Crippen LogP contribution in [0.25, 0.3) is 0 Å². The summed E-state index contributed by atoms with van der Waals surface area (Å²) in [6.07, 6.45) is 55.1. The molecular weight excluding hydrogens is 602 g/mol. The predicted octanol–water partition coefficient (Wildman–Crippen LogP) is 13.2. The number of unbranched alkanes of at least 4 members (excludes halogenated alkanes) is 18. The molecule has 2 rings (SSSR count). The van der Waals surface area contributed by atoms with E-state index < -0.39 is 0 Å². The molecule has 0 bridgehead atoms. The molecule has 2 saturated heterocycles. The van der Waals surface area contributed by atoms with E-state index in [0.29, 0.717) is 6.10 Å². The van der Waals surface area contributed by atoms with Crippen molar-refractivity contribution in [3.05, 3.63) is 48.6 Å². The first-order valence-corrected chi connectivity index (χ1v) is 21.3. The number of aliphatic hydroxyl groups is 1. The number of likely N-dealkylation sites (N-methyl/N-ethyl adjacent to an activating group) is 1. The summed E-state index contributed by atoms with van der Waals surface area (Å²) in [6.45, 7) is 6.74. The van der Waals surface area contributed by atoms with Crippen LogP contribution in [0, 0.1) is 0 Å². The van der Waals surface area contributed by atoms with Crippen LogP contribution in [-0.2, 0) is 9.47 Å². The Hall–Kier alpha value is -1.20. The molecule has 286 valence electrons. The van der Waals surface area contributed by atoms with E-state index in [1.54, 1.807) is 0 Å². The SMILES string of the molecule is CCCCC/C=C\C/C=C\CCCCCCCCC1(CCCCCCCC/C=C\C/C=C\CCCCC)OC2CCCN(C)CC2O1.CO. The molecule has 0 aromatic heterocycles. The van der Waals surface area contributed by atoms with Crippen LogP contribution < -0.4 is 0 Å². The van der Waals surface area contributed by atoms with E-state index in [1.165, 1.54) is 154 Å². The average molecular weight is 686 g/mol. The molecule has 0 spiro atoms. The van der Waals surface area contributed by atoms with Crippen molar-refractivity contribution in [3.63, 3.8) is 0 Å². The number of likely N-dealkylation sites (tertiary alicyclic amines) is 1. The smallest absolute Gasteiger partial charge is 0.169 e. The summed E-state index contributed by atoms with van der Waals surface area (Å²) in [5.74, 6) is -0.321. The van der Waals surface area contributed by atoms with Crippen LogP contribution in [0.1, 0.15) is 194 Å². The molecule has 49 heavy (non-hydrogen) atoms. The van der Waals surface area contributed by atoms with Gasteiger partial charge in [0.05, 0.1) is 12.2 Å². The molecule has 2 unspecified atom stereocenters. The second-order valence-electron chi connectivity index (χ2n) is 14.8. The minimum Gasteiger partial charge on any atom is -0.400 e. The summed E-state index contributed by atoms with van der Waals surface area (Å²) in [5, 5.41) is 7.00. The highest BCUT2D eigenvalue weighted by atomic mass is 16.8. The maximum atomic E-state index is 7.00. The number of rotatable bonds is 30. The van der Waals surface area contributed by atoms with E-state index >= 15 is 0 Å². The van der Waals surface area contributed by atoms with Gasteiger partial charge in [-0.05, 0) is 103 Å². The summed E-state index contributed by atoms with van der Waals surface area (Å²) in [6, 6.07) is 0. The van der Waals surface area contributed by atoms with E-state index in [2.05, 4.69) is 74.4 Å². The van der Waals surface area contributed by atoms with E-state index in [1.807, 2.05) is 0 Å². The molecule has 0 aromatic carbocycles. The molecular formula is C45H83NO3. The van der Waals surface area contributed by atoms with Crippen molar-refractivity contribution in [2.75, 3.05) is 27.2 Å². The lowest BCUT2D eigenvalue weighted by Gasteiger charge is -2.29. The molecule has 4 heteroatoms. The number of hydrogen-bond donors (Lipinski definition) is 1. The summed E-state index contributed by atoms with van der Waals surface area (Å²) in [7, 11) is 3.25. The van der Waals surface area contributed by atoms with Crippen molar-refractivity contribution in [2.45, 2.75) is 212 Å². The van der Waals surface area contributed by atoms with Gasteiger partial charge in [-0.1, -0.05) is 140 Å². The first kappa shape index (κ1) is 45.8. The van der Waals surface area contributed by atoms with Crippen LogP contribution in [-0.4, -0.2) is 55.2 Å². The molecule has 1 N–H and O–H groups in total. The average Bonchev–Trinajstić information content (AvgIpc) is 3.35. The van der Waals surface area contributed by atoms with Gasteiger partial charge in [0.1, 0.15) is 0 Å². The Morgan fingerprint density at radius 1 is 0.531 bits per heavy atom. The van der Waals surface area contributed by atoms with Crippen molar-refractivity contribution >= 4 is 0 Å². The second-order valence-corrected chi connectivity index (χ2v) is 14.8. The summed E-state index contributed by atoms with van der Waals surface area (Å²) in [4.78, 5) is 2.45. The summed E-state index contributed by atoms with van der Waals surface area (Å²) in [5.41, 5.74) is 0. The van der Waals surface area contributed by atoms with E-state index in [-0.39, 0.29) is 11.9 Å². The van der Waals surface area contributed by atoms with Crippen LogP contribution in [0.15, 0.2) is 48.6 Å². The third-order valence-corrected chi connectivity index (χ3v) is 10.2. The Morgan fingerprint density at radius 3 is 1.37 bits per heavy atom. The van der Waals surface area contributed by atoms with Crippen LogP contribution >= 0.6 is 0 Å². The zero-order chi connectivity index (χ0) is 35.5. The summed E-state index contributed by atoms with van der Waals surface area (Å²) < 4.78 is 13.7. The second kappa shape index (κ2) is 33.9. The normalized spacial score (nSPS) is 19.7. The van der Waals surface area contributed by atoms with Crippen LogP contribution in [0.3, 0.4) is 0 Å². The lowest BCUT2D eigenvalue weighted by molar-refractivity contribution is -0.189. The van der Waals surface area contributed by atoms with Crippen molar-refractivity contribution in [1.29, 1.82) is 0 Å². The van der Waals surface area contributed by atoms with Crippen molar-refractivity contribution in [1.82, 2.24) is 4.90 Å². The molecule has 2 aliphatic rings. The van der Waals surface area contributed by atoms with Crippen molar-refractivity contribution in [2.24, 2.45) is 0 Å². The van der Waals surface area contributed by atoms with Gasteiger partial charge in [0, 0.05) is 26.5 Å². The predicted molar refractivity (Wildman–Crippen MR) is 215 cm³/mol. The van der Waals surface area contributed by atoms with E-state index in [0.717, 1.165) is 45.8 Å². The topological polar surface area (TPSA) is 41.9 Å². The minimum absolute atomic E-state index is 0.261. The Balaban J connectivity index is 0.00000589. The Kier molecular flexibility index (Phi) is 31.7. The van der Waals surface area contributed by atoms with Crippen LogP contribution in [0.4, 0.5) is 0 Å². The fraction of sp³-hybridized carbons (Fsp3) is 0.822. The van der Waals surface area contributed by atoms with Gasteiger partial charge in [0.25, 0.3) is 0 Å². The minimum atomic E-state index is -0.321. The molecule has 4 nitrogen and oxygen atoms in total. The molecule has 2 fully saturated rings. The zero-order valence-electron chi connectivity index (χ0n) is 33.2. The Labute approximate surface area is 306 Å². The first-order chi connectivity index (χ1) is 24.2. The van der Waals surface area contributed by atoms with Crippen LogP contribution in [0.5, 0.6) is 0 Å². The number of allylic oxidation sites excluding steroid dienone is 8. The number of aliphatic hydroxyl groups excluding tert-OH is 1. The number of hydrogen-bond acceptors (Lipinski definition) is 4. The standard InChI is InChI=1S/C44H79NO2.CH4O/c1-4-6-8-10-12-14-16-18-20-22-24-26-28-30-32-34-38-44(46-42-37-36-40-45(3)41-43(42)47-44)39-35-33-31-29-27-25-23-21-19-17-15-13-11-9-7-5-2;1-2/h12-15,18-21,42-43H,4-11,16-17,22-41H2,1-3H3;2H,1H3/b14-12-,15-13-,20-18-,21-19-;. The quantitative estimate of drug-likeness (QED) is 0.0603. The van der Waals surface area contributed by atoms with Gasteiger partial charge >= 0.3 is 0 Å². The fourth-order valence-electron chi connectivity index (χ4n) is 7.22. The molecule has 0 aromatic rings. The highest BCUT2D eigenvalue weighted by Gasteiger charge is 2.47. The van der Waals surface area contributed by atoms with Crippen molar-refractivity contribution in [3.8, 4) is 0 Å². The molecule has 0 radical (unpaired) electrons. The highest BCUT2D eigenvalue weighted by Crippen LogP contribution is 2.40. The monoisotopic (exact) mass is 686 g/mol. The molecule has 0 aliphatic carbocycles. The summed E-state index contributed by atoms with van der Waals surface area (Å²) >= 11 is 0. The van der Waals surface area contributed by atoms with E-state index in [4.69, 9.17) is 14.6 Å². The van der Waals surface area contributed by atoms with Gasteiger partial charge in [0.2, 0.25) is 0 Å². The molecule has 2 aliphatic heterocycles. The largest absolute Gasteiger partial charge is 0.400 e. The highest BCUT2D eigenvalue weighted by molar-refractivity contribution is 4.94. The first-order valence-electron chi connectivity index (χ1n) is 21.3. The maximum absolute atomic E-state index is 7.00. The van der Waals surface area contributed by atoms with Gasteiger partial charge in [-0.15, -0.1) is 0 Å². The third kappa shape index (κ3) is 25.4. The molecule has 0 amide bonds. The van der Waals surface area contributed by atoms with Gasteiger partial charge in [-0.3, -0.25) is 0 Å². The van der Waals surface area contributed by atoms with Crippen LogP contribution in [0.2, 0.25) is 0 Å². The van der Waals surface area contributed by atoms with Crippen molar-refractivity contribution < 1.29 is 14.6 Å². The molecule has 0 saturated carbocycles. The Morgan fingerprint density at radius 2 is 0.918 bits per heavy atom. The van der Waals surface area contributed by atoms with Gasteiger partial charge in [0.15, 0.2) is 5.79 Å². The molecule has 2 atom stereocenters. The number of fused-ring (bicyclic) bond motifs is 1.